The first-order chi connectivity index (χ1) is 16.1. The van der Waals surface area contributed by atoms with Crippen LogP contribution in [0.3, 0.4) is 0 Å². The summed E-state index contributed by atoms with van der Waals surface area (Å²) in [6.07, 6.45) is 0. The second-order valence-corrected chi connectivity index (χ2v) is 9.57. The van der Waals surface area contributed by atoms with E-state index in [-0.39, 0.29) is 28.4 Å². The Kier molecular flexibility index (Phi) is 7.80. The first-order valence-corrected chi connectivity index (χ1v) is 12.0. The molecule has 2 N–H and O–H groups in total. The number of carbonyl (C=O) groups excluding carboxylic acids is 1. The van der Waals surface area contributed by atoms with E-state index in [2.05, 4.69) is 5.32 Å². The molecule has 0 atom stereocenters. The number of carboxylic acid groups (broad SMARTS) is 1. The van der Waals surface area contributed by atoms with Gasteiger partial charge in [-0.3, -0.25) is 9.10 Å². The molecule has 0 aliphatic heterocycles. The third kappa shape index (κ3) is 5.49. The molecule has 0 fully saturated rings. The van der Waals surface area contributed by atoms with Crippen molar-refractivity contribution in [2.75, 3.05) is 18.0 Å². The van der Waals surface area contributed by atoms with Gasteiger partial charge in [0.2, 0.25) is 5.91 Å². The van der Waals surface area contributed by atoms with E-state index in [4.69, 9.17) is 21.4 Å². The molecule has 8 nitrogen and oxygen atoms in total. The standard InChI is InChI=1S/C24H23ClN2O6S/c1-16-19(25)9-6-10-20(16)27(34(31,32)22-12-4-3-11-21(22)33-2)15-23(28)26-14-17-7-5-8-18(13-17)24(29)30/h3-13H,14-15H2,1-2H3,(H,26,28)(H,29,30). The lowest BCUT2D eigenvalue weighted by Crippen LogP contribution is -2.41. The summed E-state index contributed by atoms with van der Waals surface area (Å²) in [5, 5.41) is 12.1. The number of amides is 1. The number of hydrogen-bond donors (Lipinski definition) is 2. The molecule has 0 unspecified atom stereocenters. The van der Waals surface area contributed by atoms with Gasteiger partial charge in [-0.2, -0.15) is 0 Å². The maximum Gasteiger partial charge on any atom is 0.335 e. The van der Waals surface area contributed by atoms with Gasteiger partial charge in [0, 0.05) is 11.6 Å². The molecule has 3 aromatic carbocycles. The molecule has 34 heavy (non-hydrogen) atoms. The Balaban J connectivity index is 1.93. The third-order valence-corrected chi connectivity index (χ3v) is 7.30. The molecule has 178 valence electrons. The quantitative estimate of drug-likeness (QED) is 0.459. The number of benzene rings is 3. The summed E-state index contributed by atoms with van der Waals surface area (Å²) in [6.45, 7) is 1.16. The minimum atomic E-state index is -4.22. The predicted molar refractivity (Wildman–Crippen MR) is 129 cm³/mol. The van der Waals surface area contributed by atoms with E-state index in [0.29, 0.717) is 16.1 Å². The molecule has 0 aliphatic rings. The van der Waals surface area contributed by atoms with Gasteiger partial charge in [-0.1, -0.05) is 41.9 Å². The van der Waals surface area contributed by atoms with Gasteiger partial charge in [0.15, 0.2) is 0 Å². The van der Waals surface area contributed by atoms with Crippen molar-refractivity contribution in [1.82, 2.24) is 5.32 Å². The normalized spacial score (nSPS) is 11.0. The van der Waals surface area contributed by atoms with Gasteiger partial charge >= 0.3 is 5.97 Å². The number of halogens is 1. The zero-order valence-electron chi connectivity index (χ0n) is 18.5. The second-order valence-electron chi connectivity index (χ2n) is 7.33. The van der Waals surface area contributed by atoms with Gasteiger partial charge < -0.3 is 15.2 Å². The number of carbonyl (C=O) groups is 2. The fourth-order valence-corrected chi connectivity index (χ4v) is 5.12. The maximum absolute atomic E-state index is 13.7. The predicted octanol–water partition coefficient (Wildman–Crippen LogP) is 3.87. The van der Waals surface area contributed by atoms with Crippen LogP contribution in [0.5, 0.6) is 5.75 Å². The van der Waals surface area contributed by atoms with Gasteiger partial charge in [-0.05, 0) is 54.4 Å². The number of aromatic carboxylic acids is 1. The first-order valence-electron chi connectivity index (χ1n) is 10.1. The number of methoxy groups -OCH3 is 1. The third-order valence-electron chi connectivity index (χ3n) is 5.10. The highest BCUT2D eigenvalue weighted by molar-refractivity contribution is 7.93. The van der Waals surface area contributed by atoms with Crippen molar-refractivity contribution in [3.05, 3.63) is 88.4 Å². The zero-order valence-corrected chi connectivity index (χ0v) is 20.1. The Morgan fingerprint density at radius 2 is 1.76 bits per heavy atom. The Morgan fingerprint density at radius 1 is 1.06 bits per heavy atom. The van der Waals surface area contributed by atoms with Crippen molar-refractivity contribution in [3.63, 3.8) is 0 Å². The molecule has 0 heterocycles. The fourth-order valence-electron chi connectivity index (χ4n) is 3.32. The van der Waals surface area contributed by atoms with E-state index in [9.17, 15) is 18.0 Å². The van der Waals surface area contributed by atoms with Crippen molar-refractivity contribution in [3.8, 4) is 5.75 Å². The lowest BCUT2D eigenvalue weighted by Gasteiger charge is -2.26. The first kappa shape index (κ1) is 25.1. The Morgan fingerprint density at radius 3 is 2.47 bits per heavy atom. The molecule has 0 bridgehead atoms. The van der Waals surface area contributed by atoms with Crippen LogP contribution in [0.15, 0.2) is 71.6 Å². The number of para-hydroxylation sites is 1. The second kappa shape index (κ2) is 10.6. The number of nitrogens with one attached hydrogen (secondary N) is 1. The molecular formula is C24H23ClN2O6S. The van der Waals surface area contributed by atoms with Crippen LogP contribution in [0, 0.1) is 6.92 Å². The highest BCUT2D eigenvalue weighted by Gasteiger charge is 2.31. The number of hydrogen-bond acceptors (Lipinski definition) is 5. The van der Waals surface area contributed by atoms with Crippen LogP contribution in [-0.2, 0) is 21.4 Å². The number of rotatable bonds is 9. The molecule has 10 heteroatoms. The summed E-state index contributed by atoms with van der Waals surface area (Å²) in [5.41, 5.74) is 1.39. The van der Waals surface area contributed by atoms with Crippen LogP contribution < -0.4 is 14.4 Å². The number of anilines is 1. The summed E-state index contributed by atoms with van der Waals surface area (Å²) in [5.74, 6) is -1.53. The minimum absolute atomic E-state index is 0.0248. The van der Waals surface area contributed by atoms with Crippen molar-refractivity contribution in [2.45, 2.75) is 18.4 Å². The summed E-state index contributed by atoms with van der Waals surface area (Å²) in [4.78, 5) is 23.9. The summed E-state index contributed by atoms with van der Waals surface area (Å²) in [6, 6.07) is 17.0. The van der Waals surface area contributed by atoms with Crippen LogP contribution in [-0.4, -0.2) is 39.1 Å². The van der Waals surface area contributed by atoms with Crippen molar-refractivity contribution in [1.29, 1.82) is 0 Å². The summed E-state index contributed by atoms with van der Waals surface area (Å²) >= 11 is 6.24. The van der Waals surface area contributed by atoms with Crippen molar-refractivity contribution in [2.24, 2.45) is 0 Å². The molecule has 0 saturated carbocycles. The highest BCUT2D eigenvalue weighted by atomic mass is 35.5. The topological polar surface area (TPSA) is 113 Å². The largest absolute Gasteiger partial charge is 0.495 e. The van der Waals surface area contributed by atoms with E-state index in [1.807, 2.05) is 0 Å². The van der Waals surface area contributed by atoms with Crippen LogP contribution in [0.4, 0.5) is 5.69 Å². The van der Waals surface area contributed by atoms with Gasteiger partial charge in [0.1, 0.15) is 17.2 Å². The van der Waals surface area contributed by atoms with Crippen LogP contribution >= 0.6 is 11.6 Å². The highest BCUT2D eigenvalue weighted by Crippen LogP contribution is 2.33. The van der Waals surface area contributed by atoms with E-state index >= 15 is 0 Å². The van der Waals surface area contributed by atoms with E-state index in [0.717, 1.165) is 4.31 Å². The molecular weight excluding hydrogens is 480 g/mol. The molecule has 0 aliphatic carbocycles. The average molecular weight is 503 g/mol. The van der Waals surface area contributed by atoms with E-state index in [1.165, 1.54) is 31.4 Å². The summed E-state index contributed by atoms with van der Waals surface area (Å²) < 4.78 is 33.5. The number of sulfonamides is 1. The van der Waals surface area contributed by atoms with Gasteiger partial charge in [0.05, 0.1) is 18.4 Å². The molecule has 3 rings (SSSR count). The van der Waals surface area contributed by atoms with Gasteiger partial charge in [-0.25, -0.2) is 13.2 Å². The number of nitrogens with zero attached hydrogens (tertiary/aromatic N) is 1. The van der Waals surface area contributed by atoms with Crippen LogP contribution in [0.25, 0.3) is 0 Å². The number of ether oxygens (including phenoxy) is 1. The molecule has 0 saturated heterocycles. The molecule has 0 aromatic heterocycles. The van der Waals surface area contributed by atoms with Crippen LogP contribution in [0.1, 0.15) is 21.5 Å². The van der Waals surface area contributed by atoms with E-state index in [1.54, 1.807) is 49.4 Å². The van der Waals surface area contributed by atoms with Gasteiger partial charge in [0.25, 0.3) is 10.0 Å². The molecule has 1 amide bonds. The van der Waals surface area contributed by atoms with Crippen molar-refractivity contribution < 1.29 is 27.9 Å². The lowest BCUT2D eigenvalue weighted by molar-refractivity contribution is -0.119. The Labute approximate surface area is 202 Å². The van der Waals surface area contributed by atoms with Gasteiger partial charge in [-0.15, -0.1) is 0 Å². The number of carboxylic acids is 1. The summed E-state index contributed by atoms with van der Waals surface area (Å²) in [7, 11) is -2.86. The monoisotopic (exact) mass is 502 g/mol. The van der Waals surface area contributed by atoms with E-state index < -0.39 is 28.4 Å². The molecule has 3 aromatic rings. The minimum Gasteiger partial charge on any atom is -0.495 e. The Hall–Kier alpha value is -3.56. The van der Waals surface area contributed by atoms with Crippen molar-refractivity contribution >= 4 is 39.2 Å². The zero-order chi connectivity index (χ0) is 24.9. The fraction of sp³-hybridized carbons (Fsp3) is 0.167. The maximum atomic E-state index is 13.7. The lowest BCUT2D eigenvalue weighted by atomic mass is 10.1. The average Bonchev–Trinajstić information content (AvgIpc) is 2.83. The van der Waals surface area contributed by atoms with Crippen LogP contribution in [0.2, 0.25) is 5.02 Å². The molecule has 0 spiro atoms. The SMILES string of the molecule is COc1ccccc1S(=O)(=O)N(CC(=O)NCc1cccc(C(=O)O)c1)c1cccc(Cl)c1C. The smallest absolute Gasteiger partial charge is 0.335 e. The Bertz CT molecular complexity index is 1330. The molecule has 0 radical (unpaired) electrons.